The zero-order valence-electron chi connectivity index (χ0n) is 18.1. The van der Waals surface area contributed by atoms with Crippen LogP contribution >= 0.6 is 0 Å². The zero-order valence-corrected chi connectivity index (χ0v) is 18.1. The minimum atomic E-state index is -0.447. The van der Waals surface area contributed by atoms with Gasteiger partial charge in [-0.05, 0) is 55.2 Å². The highest BCUT2D eigenvalue weighted by molar-refractivity contribution is 5.85. The van der Waals surface area contributed by atoms with Crippen molar-refractivity contribution in [2.45, 2.75) is 39.5 Å². The number of rotatable bonds is 6. The Morgan fingerprint density at radius 3 is 2.33 bits per heavy atom. The van der Waals surface area contributed by atoms with E-state index in [1.165, 1.54) is 16.7 Å². The number of benzene rings is 2. The second kappa shape index (κ2) is 8.63. The number of nitrogens with one attached hydrogen (secondary N) is 1. The van der Waals surface area contributed by atoms with E-state index < -0.39 is 5.41 Å². The van der Waals surface area contributed by atoms with Gasteiger partial charge in [0, 0.05) is 25.6 Å². The van der Waals surface area contributed by atoms with E-state index in [-0.39, 0.29) is 17.7 Å². The number of carbonyl (C=O) groups is 2. The topological polar surface area (TPSA) is 49.4 Å². The van der Waals surface area contributed by atoms with Crippen LogP contribution in [0.3, 0.4) is 0 Å². The van der Waals surface area contributed by atoms with Crippen molar-refractivity contribution in [1.82, 2.24) is 10.2 Å². The summed E-state index contributed by atoms with van der Waals surface area (Å²) in [4.78, 5) is 27.8. The normalized spacial score (nSPS) is 22.4. The van der Waals surface area contributed by atoms with Crippen molar-refractivity contribution in [3.8, 4) is 11.1 Å². The molecule has 2 amide bonds. The van der Waals surface area contributed by atoms with Crippen LogP contribution in [-0.2, 0) is 16.0 Å². The largest absolute Gasteiger partial charge is 0.356 e. The third kappa shape index (κ3) is 4.28. The van der Waals surface area contributed by atoms with Crippen molar-refractivity contribution in [2.24, 2.45) is 17.3 Å². The summed E-state index contributed by atoms with van der Waals surface area (Å²) in [6.45, 7) is 6.10. The lowest BCUT2D eigenvalue weighted by atomic mass is 9.72. The van der Waals surface area contributed by atoms with Crippen LogP contribution in [0.15, 0.2) is 54.6 Å². The summed E-state index contributed by atoms with van der Waals surface area (Å²) >= 11 is 0. The summed E-state index contributed by atoms with van der Waals surface area (Å²) in [5, 5.41) is 3.07. The van der Waals surface area contributed by atoms with Crippen LogP contribution in [-0.4, -0.2) is 36.3 Å². The Labute approximate surface area is 179 Å². The molecule has 30 heavy (non-hydrogen) atoms. The third-order valence-corrected chi connectivity index (χ3v) is 6.85. The summed E-state index contributed by atoms with van der Waals surface area (Å²) < 4.78 is 0. The molecule has 0 radical (unpaired) electrons. The summed E-state index contributed by atoms with van der Waals surface area (Å²) in [5.74, 6) is 1.15. The van der Waals surface area contributed by atoms with E-state index in [1.54, 1.807) is 0 Å². The molecule has 0 bridgehead atoms. The lowest BCUT2D eigenvalue weighted by molar-refractivity contribution is -0.141. The average Bonchev–Trinajstić information content (AvgIpc) is 3.51. The predicted octanol–water partition coefficient (Wildman–Crippen LogP) is 4.30. The third-order valence-electron chi connectivity index (χ3n) is 6.85. The fourth-order valence-corrected chi connectivity index (χ4v) is 4.77. The summed E-state index contributed by atoms with van der Waals surface area (Å²) in [5.41, 5.74) is 3.09. The maximum Gasteiger partial charge on any atom is 0.226 e. The molecule has 1 aliphatic carbocycles. The van der Waals surface area contributed by atoms with Crippen molar-refractivity contribution in [1.29, 1.82) is 0 Å². The molecule has 0 unspecified atom stereocenters. The Morgan fingerprint density at radius 2 is 1.70 bits per heavy atom. The number of likely N-dealkylation sites (tertiary alicyclic amines) is 1. The molecule has 1 N–H and O–H groups in total. The molecule has 4 heteroatoms. The van der Waals surface area contributed by atoms with Crippen LogP contribution in [0.2, 0.25) is 0 Å². The first-order valence-electron chi connectivity index (χ1n) is 11.2. The number of amides is 2. The second-order valence-corrected chi connectivity index (χ2v) is 9.03. The SMILES string of the molecule is CCNC(=O)C1(Cc2cccc(-c3ccccc3)c2)CCN(C(=O)[C@@H]2C[C@@H]2C)CC1. The van der Waals surface area contributed by atoms with Gasteiger partial charge < -0.3 is 10.2 Å². The first-order valence-corrected chi connectivity index (χ1v) is 11.2. The van der Waals surface area contributed by atoms with Gasteiger partial charge in [-0.1, -0.05) is 61.5 Å². The van der Waals surface area contributed by atoms with Crippen molar-refractivity contribution in [3.05, 3.63) is 60.2 Å². The van der Waals surface area contributed by atoms with Crippen LogP contribution in [0.1, 0.15) is 38.7 Å². The molecule has 2 aromatic rings. The molecular weight excluding hydrogens is 372 g/mol. The quantitative estimate of drug-likeness (QED) is 0.780. The lowest BCUT2D eigenvalue weighted by Gasteiger charge is -2.41. The van der Waals surface area contributed by atoms with Crippen LogP contribution in [0.4, 0.5) is 0 Å². The Morgan fingerprint density at radius 1 is 1.03 bits per heavy atom. The van der Waals surface area contributed by atoms with Gasteiger partial charge in [0.2, 0.25) is 11.8 Å². The highest BCUT2D eigenvalue weighted by Gasteiger charge is 2.46. The molecular formula is C26H32N2O2. The maximum atomic E-state index is 13.1. The van der Waals surface area contributed by atoms with Gasteiger partial charge in [0.05, 0.1) is 5.41 Å². The second-order valence-electron chi connectivity index (χ2n) is 9.03. The van der Waals surface area contributed by atoms with E-state index in [0.29, 0.717) is 32.0 Å². The molecule has 158 valence electrons. The van der Waals surface area contributed by atoms with Crippen LogP contribution in [0.25, 0.3) is 11.1 Å². The zero-order chi connectivity index (χ0) is 21.1. The monoisotopic (exact) mass is 404 g/mol. The fraction of sp³-hybridized carbons (Fsp3) is 0.462. The number of carbonyl (C=O) groups excluding carboxylic acids is 2. The predicted molar refractivity (Wildman–Crippen MR) is 120 cm³/mol. The maximum absolute atomic E-state index is 13.1. The molecule has 2 fully saturated rings. The Hall–Kier alpha value is -2.62. The molecule has 1 saturated heterocycles. The van der Waals surface area contributed by atoms with Gasteiger partial charge in [-0.15, -0.1) is 0 Å². The standard InChI is InChI=1S/C26H32N2O2/c1-3-27-25(30)26(12-14-28(15-13-26)24(29)23-16-19(23)2)18-20-8-7-11-22(17-20)21-9-5-4-6-10-21/h4-11,17,19,23H,3,12-16,18H2,1-2H3,(H,27,30)/t19-,23+/m0/s1. The van der Waals surface area contributed by atoms with Gasteiger partial charge in [0.1, 0.15) is 0 Å². The van der Waals surface area contributed by atoms with Gasteiger partial charge in [-0.2, -0.15) is 0 Å². The smallest absolute Gasteiger partial charge is 0.226 e. The lowest BCUT2D eigenvalue weighted by Crippen LogP contribution is -2.51. The molecule has 0 aromatic heterocycles. The molecule has 1 aliphatic heterocycles. The van der Waals surface area contributed by atoms with Gasteiger partial charge in [0.15, 0.2) is 0 Å². The van der Waals surface area contributed by atoms with Gasteiger partial charge >= 0.3 is 0 Å². The highest BCUT2D eigenvalue weighted by atomic mass is 16.2. The number of hydrogen-bond acceptors (Lipinski definition) is 2. The highest BCUT2D eigenvalue weighted by Crippen LogP contribution is 2.42. The van der Waals surface area contributed by atoms with Crippen molar-refractivity contribution in [2.75, 3.05) is 19.6 Å². The summed E-state index contributed by atoms with van der Waals surface area (Å²) in [6, 6.07) is 18.9. The Bertz CT molecular complexity index is 900. The average molecular weight is 405 g/mol. The number of nitrogens with zero attached hydrogens (tertiary/aromatic N) is 1. The van der Waals surface area contributed by atoms with Crippen molar-refractivity contribution in [3.63, 3.8) is 0 Å². The van der Waals surface area contributed by atoms with E-state index in [4.69, 9.17) is 0 Å². The summed E-state index contributed by atoms with van der Waals surface area (Å²) in [7, 11) is 0. The van der Waals surface area contributed by atoms with Crippen LogP contribution < -0.4 is 5.32 Å². The van der Waals surface area contributed by atoms with E-state index in [1.807, 2.05) is 30.0 Å². The van der Waals surface area contributed by atoms with Crippen molar-refractivity contribution < 1.29 is 9.59 Å². The molecule has 2 aromatic carbocycles. The van der Waals surface area contributed by atoms with Gasteiger partial charge in [0.25, 0.3) is 0 Å². The fourth-order valence-electron chi connectivity index (χ4n) is 4.77. The molecule has 2 atom stereocenters. The van der Waals surface area contributed by atoms with Crippen LogP contribution in [0, 0.1) is 17.3 Å². The Balaban J connectivity index is 1.52. The van der Waals surface area contributed by atoms with E-state index >= 15 is 0 Å². The molecule has 4 rings (SSSR count). The minimum Gasteiger partial charge on any atom is -0.356 e. The van der Waals surface area contributed by atoms with E-state index in [0.717, 1.165) is 19.3 Å². The van der Waals surface area contributed by atoms with Gasteiger partial charge in [-0.25, -0.2) is 0 Å². The molecule has 0 spiro atoms. The summed E-state index contributed by atoms with van der Waals surface area (Å²) in [6.07, 6.45) is 3.17. The molecule has 1 heterocycles. The van der Waals surface area contributed by atoms with Crippen molar-refractivity contribution >= 4 is 11.8 Å². The molecule has 2 aliphatic rings. The number of hydrogen-bond donors (Lipinski definition) is 1. The van der Waals surface area contributed by atoms with Crippen LogP contribution in [0.5, 0.6) is 0 Å². The minimum absolute atomic E-state index is 0.127. The van der Waals surface area contributed by atoms with Gasteiger partial charge in [-0.3, -0.25) is 9.59 Å². The Kier molecular flexibility index (Phi) is 5.94. The molecule has 1 saturated carbocycles. The van der Waals surface area contributed by atoms with E-state index in [2.05, 4.69) is 48.6 Å². The first-order chi connectivity index (χ1) is 14.5. The molecule has 4 nitrogen and oxygen atoms in total. The van der Waals surface area contributed by atoms with E-state index in [9.17, 15) is 9.59 Å². The number of piperidine rings is 1. The first kappa shape index (κ1) is 20.6.